The van der Waals surface area contributed by atoms with Crippen LogP contribution in [0.5, 0.6) is 0 Å². The van der Waals surface area contributed by atoms with Crippen molar-refractivity contribution in [2.45, 2.75) is 19.3 Å². The summed E-state index contributed by atoms with van der Waals surface area (Å²) in [7, 11) is 0. The summed E-state index contributed by atoms with van der Waals surface area (Å²) in [6.07, 6.45) is 0. The van der Waals surface area contributed by atoms with E-state index < -0.39 is 0 Å². The van der Waals surface area contributed by atoms with Gasteiger partial charge in [0.25, 0.3) is 0 Å². The Labute approximate surface area is 225 Å². The molecule has 0 bridgehead atoms. The average molecular weight is 505 g/mol. The molecule has 4 heteroatoms. The van der Waals surface area contributed by atoms with Crippen LogP contribution >= 0.6 is 0 Å². The summed E-state index contributed by atoms with van der Waals surface area (Å²) in [5, 5.41) is 11.0. The number of benzene rings is 5. The lowest BCUT2D eigenvalue weighted by Crippen LogP contribution is -2.14. The molecule has 0 unspecified atom stereocenters. The van der Waals surface area contributed by atoms with Gasteiger partial charge in [0, 0.05) is 32.9 Å². The van der Waals surface area contributed by atoms with Crippen molar-refractivity contribution in [3.05, 3.63) is 120 Å². The minimum atomic E-state index is -0.0800. The largest absolute Gasteiger partial charge is 0.455 e. The molecule has 0 fully saturated rings. The van der Waals surface area contributed by atoms with Crippen molar-refractivity contribution in [2.24, 2.45) is 0 Å². The predicted octanol–water partition coefficient (Wildman–Crippen LogP) is 9.28. The third-order valence-corrected chi connectivity index (χ3v) is 8.10. The van der Waals surface area contributed by atoms with Gasteiger partial charge < -0.3 is 8.83 Å². The van der Waals surface area contributed by atoms with Crippen molar-refractivity contribution >= 4 is 21.9 Å². The van der Waals surface area contributed by atoms with Crippen molar-refractivity contribution in [3.8, 4) is 45.2 Å². The molecule has 0 spiro atoms. The molecule has 8 rings (SSSR count). The maximum Gasteiger partial charge on any atom is 0.248 e. The highest BCUT2D eigenvalue weighted by molar-refractivity contribution is 6.09. The van der Waals surface area contributed by atoms with E-state index in [4.69, 9.17) is 8.83 Å². The molecule has 0 saturated carbocycles. The van der Waals surface area contributed by atoms with Crippen LogP contribution in [0.3, 0.4) is 0 Å². The average Bonchev–Trinajstić information content (AvgIpc) is 3.67. The molecule has 1 aliphatic rings. The van der Waals surface area contributed by atoms with Gasteiger partial charge in [-0.1, -0.05) is 92.7 Å². The molecule has 4 nitrogen and oxygen atoms in total. The highest BCUT2D eigenvalue weighted by atomic mass is 16.4. The van der Waals surface area contributed by atoms with E-state index >= 15 is 0 Å². The van der Waals surface area contributed by atoms with E-state index in [-0.39, 0.29) is 5.41 Å². The van der Waals surface area contributed by atoms with E-state index in [0.717, 1.165) is 44.2 Å². The van der Waals surface area contributed by atoms with E-state index in [1.54, 1.807) is 0 Å². The maximum absolute atomic E-state index is 6.23. The van der Waals surface area contributed by atoms with Gasteiger partial charge in [-0.05, 0) is 58.1 Å². The summed E-state index contributed by atoms with van der Waals surface area (Å²) in [5.74, 6) is 1.03. The topological polar surface area (TPSA) is 52.1 Å². The highest BCUT2D eigenvalue weighted by Gasteiger charge is 2.35. The molecule has 7 aromatic rings. The van der Waals surface area contributed by atoms with Gasteiger partial charge in [0.05, 0.1) is 0 Å². The Kier molecular flexibility index (Phi) is 4.54. The smallest absolute Gasteiger partial charge is 0.248 e. The summed E-state index contributed by atoms with van der Waals surface area (Å²) in [6.45, 7) is 4.54. The first-order valence-corrected chi connectivity index (χ1v) is 13.2. The highest BCUT2D eigenvalue weighted by Crippen LogP contribution is 2.49. The third kappa shape index (κ3) is 3.25. The second kappa shape index (κ2) is 8.02. The molecule has 0 atom stereocenters. The van der Waals surface area contributed by atoms with Gasteiger partial charge in [0.1, 0.15) is 11.2 Å². The first kappa shape index (κ1) is 22.1. The summed E-state index contributed by atoms with van der Waals surface area (Å²) in [4.78, 5) is 0. The fraction of sp³-hybridized carbons (Fsp3) is 0.0857. The van der Waals surface area contributed by atoms with Gasteiger partial charge in [0.2, 0.25) is 11.8 Å². The van der Waals surface area contributed by atoms with Crippen LogP contribution in [0.4, 0.5) is 0 Å². The van der Waals surface area contributed by atoms with Gasteiger partial charge in [-0.3, -0.25) is 0 Å². The summed E-state index contributed by atoms with van der Waals surface area (Å²) in [5.41, 5.74) is 10.9. The van der Waals surface area contributed by atoms with Crippen LogP contribution in [-0.4, -0.2) is 10.2 Å². The first-order chi connectivity index (χ1) is 19.1. The van der Waals surface area contributed by atoms with Crippen molar-refractivity contribution < 1.29 is 8.83 Å². The van der Waals surface area contributed by atoms with Crippen LogP contribution in [0.2, 0.25) is 0 Å². The molecule has 0 aliphatic heterocycles. The van der Waals surface area contributed by atoms with Crippen molar-refractivity contribution in [2.75, 3.05) is 0 Å². The molecule has 0 amide bonds. The molecular formula is C35H24N2O2. The standard InChI is InChI=1S/C35H24N2O2/c1-35(2)29-12-5-3-8-25(29)26-19-18-23(20-30(26)35)34-37-36-33(39-34)22-16-14-21(15-17-22)24-10-7-11-28-27-9-4-6-13-31(27)38-32(24)28/h3-20H,1-2H3. The third-order valence-electron chi connectivity index (χ3n) is 8.10. The Morgan fingerprint density at radius 2 is 1.15 bits per heavy atom. The van der Waals surface area contributed by atoms with E-state index in [1.807, 2.05) is 30.3 Å². The lowest BCUT2D eigenvalue weighted by molar-refractivity contribution is 0.584. The van der Waals surface area contributed by atoms with E-state index in [9.17, 15) is 0 Å². The first-order valence-electron chi connectivity index (χ1n) is 13.2. The minimum absolute atomic E-state index is 0.0800. The zero-order valence-electron chi connectivity index (χ0n) is 21.6. The molecule has 0 saturated heterocycles. The number of rotatable bonds is 3. The zero-order valence-corrected chi connectivity index (χ0v) is 21.6. The number of para-hydroxylation sites is 2. The Morgan fingerprint density at radius 3 is 2.03 bits per heavy atom. The fourth-order valence-corrected chi connectivity index (χ4v) is 6.06. The van der Waals surface area contributed by atoms with E-state index in [1.165, 1.54) is 22.3 Å². The lowest BCUT2D eigenvalue weighted by atomic mass is 9.82. The number of fused-ring (bicyclic) bond motifs is 6. The Balaban J connectivity index is 1.13. The Bertz CT molecular complexity index is 2040. The predicted molar refractivity (Wildman–Crippen MR) is 155 cm³/mol. The van der Waals surface area contributed by atoms with Crippen LogP contribution in [0.1, 0.15) is 25.0 Å². The second-order valence-electron chi connectivity index (χ2n) is 10.7. The van der Waals surface area contributed by atoms with Gasteiger partial charge in [-0.25, -0.2) is 0 Å². The molecule has 5 aromatic carbocycles. The molecule has 2 aromatic heterocycles. The Morgan fingerprint density at radius 1 is 0.513 bits per heavy atom. The van der Waals surface area contributed by atoms with Gasteiger partial charge in [-0.2, -0.15) is 0 Å². The molecule has 0 radical (unpaired) electrons. The van der Waals surface area contributed by atoms with Crippen LogP contribution in [0.15, 0.2) is 118 Å². The van der Waals surface area contributed by atoms with Crippen molar-refractivity contribution in [3.63, 3.8) is 0 Å². The summed E-state index contributed by atoms with van der Waals surface area (Å²) < 4.78 is 12.4. The molecule has 0 N–H and O–H groups in total. The van der Waals surface area contributed by atoms with Crippen LogP contribution in [0, 0.1) is 0 Å². The molecule has 1 aliphatic carbocycles. The van der Waals surface area contributed by atoms with Crippen LogP contribution in [-0.2, 0) is 5.41 Å². The van der Waals surface area contributed by atoms with Crippen LogP contribution in [0.25, 0.3) is 67.1 Å². The SMILES string of the molecule is CC1(C)c2ccccc2-c2ccc(-c3nnc(-c4ccc(-c5cccc6c5oc5ccccc56)cc4)o3)cc21. The number of nitrogens with zero attached hydrogens (tertiary/aromatic N) is 2. The number of aromatic nitrogens is 2. The van der Waals surface area contributed by atoms with Gasteiger partial charge in [-0.15, -0.1) is 10.2 Å². The Hall–Kier alpha value is -4.96. The van der Waals surface area contributed by atoms with Gasteiger partial charge >= 0.3 is 0 Å². The molecule has 39 heavy (non-hydrogen) atoms. The fourth-order valence-electron chi connectivity index (χ4n) is 6.06. The summed E-state index contributed by atoms with van der Waals surface area (Å²) >= 11 is 0. The molecule has 2 heterocycles. The van der Waals surface area contributed by atoms with Gasteiger partial charge in [0.15, 0.2) is 0 Å². The van der Waals surface area contributed by atoms with E-state index in [2.05, 4.69) is 103 Å². The summed E-state index contributed by atoms with van der Waals surface area (Å²) in [6, 6.07) is 37.7. The van der Waals surface area contributed by atoms with Crippen molar-refractivity contribution in [1.82, 2.24) is 10.2 Å². The molecule has 186 valence electrons. The zero-order chi connectivity index (χ0) is 26.1. The lowest BCUT2D eigenvalue weighted by Gasteiger charge is -2.21. The quantitative estimate of drug-likeness (QED) is 0.241. The van der Waals surface area contributed by atoms with E-state index in [0.29, 0.717) is 11.8 Å². The number of hydrogen-bond donors (Lipinski definition) is 0. The second-order valence-corrected chi connectivity index (χ2v) is 10.7. The van der Waals surface area contributed by atoms with Crippen LogP contribution < -0.4 is 0 Å². The normalized spacial score (nSPS) is 13.6. The maximum atomic E-state index is 6.23. The monoisotopic (exact) mass is 504 g/mol. The van der Waals surface area contributed by atoms with Crippen molar-refractivity contribution in [1.29, 1.82) is 0 Å². The number of hydrogen-bond acceptors (Lipinski definition) is 4. The molecular weight excluding hydrogens is 480 g/mol. The minimum Gasteiger partial charge on any atom is -0.455 e. The number of furan rings is 1.